The first kappa shape index (κ1) is 15.4. The number of carbonyl (C=O) groups excluding carboxylic acids is 1. The van der Waals surface area contributed by atoms with Crippen LogP contribution in [0.2, 0.25) is 0 Å². The molecule has 2 unspecified atom stereocenters. The fourth-order valence-electron chi connectivity index (χ4n) is 2.76. The van der Waals surface area contributed by atoms with Crippen molar-refractivity contribution in [1.29, 1.82) is 0 Å². The summed E-state index contributed by atoms with van der Waals surface area (Å²) in [4.78, 5) is 12.8. The van der Waals surface area contributed by atoms with Gasteiger partial charge >= 0.3 is 0 Å². The van der Waals surface area contributed by atoms with Crippen molar-refractivity contribution in [3.05, 3.63) is 10.9 Å². The van der Waals surface area contributed by atoms with Crippen LogP contribution in [0.4, 0.5) is 10.7 Å². The van der Waals surface area contributed by atoms with Crippen molar-refractivity contribution in [2.24, 2.45) is 11.8 Å². The minimum Gasteiger partial charge on any atom is -0.397 e. The highest BCUT2D eigenvalue weighted by Crippen LogP contribution is 2.33. The number of ketones is 1. The maximum absolute atomic E-state index is 12.1. The monoisotopic (exact) mass is 294 g/mol. The fourth-order valence-corrected chi connectivity index (χ4v) is 3.91. The van der Waals surface area contributed by atoms with Crippen molar-refractivity contribution in [3.8, 4) is 0 Å². The molecule has 0 amide bonds. The topological polar surface area (TPSA) is 55.1 Å². The van der Waals surface area contributed by atoms with Crippen molar-refractivity contribution >= 4 is 27.8 Å². The number of carbonyl (C=O) groups is 1. The molecule has 3 nitrogen and oxygen atoms in total. The molecule has 0 bridgehead atoms. The van der Waals surface area contributed by atoms with Crippen molar-refractivity contribution in [3.63, 3.8) is 0 Å². The van der Waals surface area contributed by atoms with Gasteiger partial charge in [0.05, 0.1) is 15.6 Å². The SMILES string of the molecule is CC1CCCC(Nc2cc(N)c(C(=O)C(C)C)s2)CC1. The number of nitrogens with one attached hydrogen (secondary N) is 1. The zero-order chi connectivity index (χ0) is 14.7. The molecule has 20 heavy (non-hydrogen) atoms. The summed E-state index contributed by atoms with van der Waals surface area (Å²) in [6.45, 7) is 6.17. The minimum atomic E-state index is 0.00234. The third-order valence-electron chi connectivity index (χ3n) is 4.11. The highest BCUT2D eigenvalue weighted by molar-refractivity contribution is 7.18. The lowest BCUT2D eigenvalue weighted by molar-refractivity contribution is 0.0944. The maximum atomic E-state index is 12.1. The summed E-state index contributed by atoms with van der Waals surface area (Å²) in [6.07, 6.45) is 6.34. The van der Waals surface area contributed by atoms with Gasteiger partial charge in [-0.15, -0.1) is 11.3 Å². The second-order valence-electron chi connectivity index (χ2n) is 6.37. The maximum Gasteiger partial charge on any atom is 0.177 e. The summed E-state index contributed by atoms with van der Waals surface area (Å²) in [5.41, 5.74) is 6.61. The van der Waals surface area contributed by atoms with Crippen molar-refractivity contribution < 1.29 is 4.79 Å². The van der Waals surface area contributed by atoms with E-state index in [-0.39, 0.29) is 11.7 Å². The Balaban J connectivity index is 2.03. The molecule has 0 aliphatic heterocycles. The van der Waals surface area contributed by atoms with E-state index in [1.165, 1.54) is 43.4 Å². The van der Waals surface area contributed by atoms with E-state index in [9.17, 15) is 4.79 Å². The zero-order valence-electron chi connectivity index (χ0n) is 12.7. The summed E-state index contributed by atoms with van der Waals surface area (Å²) < 4.78 is 0. The van der Waals surface area contributed by atoms with E-state index in [0.29, 0.717) is 16.6 Å². The van der Waals surface area contributed by atoms with Gasteiger partial charge in [-0.05, 0) is 31.2 Å². The van der Waals surface area contributed by atoms with E-state index in [4.69, 9.17) is 5.73 Å². The van der Waals surface area contributed by atoms with Gasteiger partial charge in [0.25, 0.3) is 0 Å². The highest BCUT2D eigenvalue weighted by atomic mass is 32.1. The average molecular weight is 294 g/mol. The molecular formula is C16H26N2OS. The van der Waals surface area contributed by atoms with E-state index in [2.05, 4.69) is 12.2 Å². The van der Waals surface area contributed by atoms with Gasteiger partial charge in [0.2, 0.25) is 0 Å². The number of hydrogen-bond donors (Lipinski definition) is 2. The Morgan fingerprint density at radius 3 is 2.80 bits per heavy atom. The molecule has 1 heterocycles. The molecule has 2 rings (SSSR count). The molecule has 1 aromatic heterocycles. The van der Waals surface area contributed by atoms with E-state index in [1.807, 2.05) is 19.9 Å². The van der Waals surface area contributed by atoms with Crippen LogP contribution in [-0.2, 0) is 0 Å². The Morgan fingerprint density at radius 2 is 2.10 bits per heavy atom. The van der Waals surface area contributed by atoms with Crippen LogP contribution in [0.5, 0.6) is 0 Å². The Hall–Kier alpha value is -1.03. The standard InChI is InChI=1S/C16H26N2OS/c1-10(2)15(19)16-13(17)9-14(20-16)18-12-6-4-5-11(3)7-8-12/h9-12,18H,4-8,17H2,1-3H3. The number of hydrogen-bond acceptors (Lipinski definition) is 4. The van der Waals surface area contributed by atoms with Crippen LogP contribution in [0.3, 0.4) is 0 Å². The number of nitrogen functional groups attached to an aromatic ring is 1. The lowest BCUT2D eigenvalue weighted by Gasteiger charge is -2.16. The Bertz CT molecular complexity index is 467. The molecule has 2 atom stereocenters. The first-order valence-corrected chi connectivity index (χ1v) is 8.49. The molecule has 1 saturated carbocycles. The van der Waals surface area contributed by atoms with Gasteiger partial charge < -0.3 is 11.1 Å². The predicted octanol–water partition coefficient (Wildman–Crippen LogP) is 4.55. The van der Waals surface area contributed by atoms with Gasteiger partial charge in [0.1, 0.15) is 0 Å². The van der Waals surface area contributed by atoms with Crippen molar-refractivity contribution in [2.45, 2.75) is 58.9 Å². The van der Waals surface area contributed by atoms with Crippen LogP contribution in [0.15, 0.2) is 6.07 Å². The van der Waals surface area contributed by atoms with E-state index in [1.54, 1.807) is 0 Å². The highest BCUT2D eigenvalue weighted by Gasteiger charge is 2.20. The largest absolute Gasteiger partial charge is 0.397 e. The normalized spacial score (nSPS) is 23.6. The van der Waals surface area contributed by atoms with Crippen molar-refractivity contribution in [2.75, 3.05) is 11.1 Å². The summed E-state index contributed by atoms with van der Waals surface area (Å²) in [6, 6.07) is 2.45. The molecule has 0 aromatic carbocycles. The van der Waals surface area contributed by atoms with Gasteiger partial charge in [-0.1, -0.05) is 33.6 Å². The lowest BCUT2D eigenvalue weighted by Crippen LogP contribution is -2.17. The first-order chi connectivity index (χ1) is 9.47. The van der Waals surface area contributed by atoms with Gasteiger partial charge in [0.15, 0.2) is 5.78 Å². The van der Waals surface area contributed by atoms with Crippen LogP contribution < -0.4 is 11.1 Å². The van der Waals surface area contributed by atoms with Gasteiger partial charge in [-0.3, -0.25) is 4.79 Å². The van der Waals surface area contributed by atoms with Gasteiger partial charge in [-0.25, -0.2) is 0 Å². The number of anilines is 2. The summed E-state index contributed by atoms with van der Waals surface area (Å²) in [7, 11) is 0. The van der Waals surface area contributed by atoms with E-state index in [0.717, 1.165) is 10.9 Å². The molecule has 1 aromatic rings. The van der Waals surface area contributed by atoms with Crippen LogP contribution >= 0.6 is 11.3 Å². The van der Waals surface area contributed by atoms with Crippen molar-refractivity contribution in [1.82, 2.24) is 0 Å². The molecule has 4 heteroatoms. The van der Waals surface area contributed by atoms with Crippen LogP contribution in [0.25, 0.3) is 0 Å². The molecule has 1 aliphatic rings. The Morgan fingerprint density at radius 1 is 1.35 bits per heavy atom. The molecule has 0 spiro atoms. The first-order valence-electron chi connectivity index (χ1n) is 7.67. The van der Waals surface area contributed by atoms with Crippen LogP contribution in [0.1, 0.15) is 62.5 Å². The third-order valence-corrected chi connectivity index (χ3v) is 5.21. The molecule has 1 fully saturated rings. The van der Waals surface area contributed by atoms with E-state index < -0.39 is 0 Å². The second kappa shape index (κ2) is 6.61. The van der Waals surface area contributed by atoms with E-state index >= 15 is 0 Å². The third kappa shape index (κ3) is 3.75. The predicted molar refractivity (Wildman–Crippen MR) is 87.6 cm³/mol. The fraction of sp³-hybridized carbons (Fsp3) is 0.688. The van der Waals surface area contributed by atoms with Crippen LogP contribution in [0, 0.1) is 11.8 Å². The summed E-state index contributed by atoms with van der Waals surface area (Å²) >= 11 is 1.51. The van der Waals surface area contributed by atoms with Gasteiger partial charge in [0, 0.05) is 12.0 Å². The summed E-state index contributed by atoms with van der Waals surface area (Å²) in [5.74, 6) is 0.992. The minimum absolute atomic E-state index is 0.00234. The van der Waals surface area contributed by atoms with Gasteiger partial charge in [-0.2, -0.15) is 0 Å². The molecule has 0 radical (unpaired) electrons. The van der Waals surface area contributed by atoms with Crippen LogP contribution in [-0.4, -0.2) is 11.8 Å². The zero-order valence-corrected chi connectivity index (χ0v) is 13.6. The molecule has 3 N–H and O–H groups in total. The number of thiophene rings is 1. The average Bonchev–Trinajstić information content (AvgIpc) is 2.62. The summed E-state index contributed by atoms with van der Waals surface area (Å²) in [5, 5.41) is 4.63. The molecule has 0 saturated heterocycles. The molecular weight excluding hydrogens is 268 g/mol. The molecule has 1 aliphatic carbocycles. The Labute approximate surface area is 125 Å². The smallest absolute Gasteiger partial charge is 0.177 e. The Kier molecular flexibility index (Phi) is 5.08. The molecule has 112 valence electrons. The number of Topliss-reactive ketones (excluding diaryl/α,β-unsaturated/α-hetero) is 1. The number of nitrogens with two attached hydrogens (primary N) is 1. The quantitative estimate of drug-likeness (QED) is 0.632. The number of rotatable bonds is 4. The lowest BCUT2D eigenvalue weighted by atomic mass is 10.0. The second-order valence-corrected chi connectivity index (χ2v) is 7.42.